The van der Waals surface area contributed by atoms with Gasteiger partial charge in [-0.2, -0.15) is 5.10 Å². The molecule has 1 atom stereocenters. The first-order valence-electron chi connectivity index (χ1n) is 6.39. The van der Waals surface area contributed by atoms with Crippen LogP contribution in [0.3, 0.4) is 0 Å². The molecule has 1 heterocycles. The highest BCUT2D eigenvalue weighted by Crippen LogP contribution is 2.39. The van der Waals surface area contributed by atoms with Crippen LogP contribution in [0.5, 0.6) is 0 Å². The smallest absolute Gasteiger partial charge is 0.0929 e. The molecule has 1 aliphatic carbocycles. The first-order chi connectivity index (χ1) is 8.16. The van der Waals surface area contributed by atoms with Crippen LogP contribution >= 0.6 is 0 Å². The molecule has 17 heavy (non-hydrogen) atoms. The Hall–Kier alpha value is -1.35. The number of aryl methyl sites for hydroxylation is 1. The maximum absolute atomic E-state index is 5.91. The standard InChI is InChI=1S/C14H19N3/c1-9(15)11-6-7-12-13(8-11)16-17(2)14(12)10-4-3-5-10/h6-10H,3-5,15H2,1-2H3. The summed E-state index contributed by atoms with van der Waals surface area (Å²) in [5.41, 5.74) is 9.57. The minimum atomic E-state index is 0.0774. The van der Waals surface area contributed by atoms with Crippen LogP contribution in [0.25, 0.3) is 10.9 Å². The Bertz CT molecular complexity index is 550. The number of hydrogen-bond donors (Lipinski definition) is 1. The number of nitrogens with zero attached hydrogens (tertiary/aromatic N) is 2. The van der Waals surface area contributed by atoms with Gasteiger partial charge in [0.2, 0.25) is 0 Å². The largest absolute Gasteiger partial charge is 0.324 e. The summed E-state index contributed by atoms with van der Waals surface area (Å²) in [4.78, 5) is 0. The van der Waals surface area contributed by atoms with Crippen molar-refractivity contribution in [3.8, 4) is 0 Å². The lowest BCUT2D eigenvalue weighted by molar-refractivity contribution is 0.399. The van der Waals surface area contributed by atoms with Gasteiger partial charge in [-0.25, -0.2) is 0 Å². The van der Waals surface area contributed by atoms with Crippen molar-refractivity contribution < 1.29 is 0 Å². The summed E-state index contributed by atoms with van der Waals surface area (Å²) in [6.07, 6.45) is 3.97. The van der Waals surface area contributed by atoms with E-state index in [0.717, 1.165) is 11.1 Å². The number of fused-ring (bicyclic) bond motifs is 1. The number of rotatable bonds is 2. The predicted octanol–water partition coefficient (Wildman–Crippen LogP) is 2.86. The highest BCUT2D eigenvalue weighted by atomic mass is 15.3. The van der Waals surface area contributed by atoms with Gasteiger partial charge >= 0.3 is 0 Å². The molecular weight excluding hydrogens is 210 g/mol. The Kier molecular flexibility index (Phi) is 2.44. The molecule has 0 saturated heterocycles. The third kappa shape index (κ3) is 1.65. The zero-order chi connectivity index (χ0) is 12.0. The Morgan fingerprint density at radius 1 is 1.41 bits per heavy atom. The minimum Gasteiger partial charge on any atom is -0.324 e. The lowest BCUT2D eigenvalue weighted by Gasteiger charge is -2.25. The first-order valence-corrected chi connectivity index (χ1v) is 6.39. The summed E-state index contributed by atoms with van der Waals surface area (Å²) >= 11 is 0. The average Bonchev–Trinajstić information content (AvgIpc) is 2.52. The zero-order valence-corrected chi connectivity index (χ0v) is 10.5. The molecular formula is C14H19N3. The fraction of sp³-hybridized carbons (Fsp3) is 0.500. The summed E-state index contributed by atoms with van der Waals surface area (Å²) in [7, 11) is 2.05. The third-order valence-corrected chi connectivity index (χ3v) is 3.92. The monoisotopic (exact) mass is 229 g/mol. The van der Waals surface area contributed by atoms with Gasteiger partial charge in [0.15, 0.2) is 0 Å². The Morgan fingerprint density at radius 2 is 2.18 bits per heavy atom. The van der Waals surface area contributed by atoms with Gasteiger partial charge < -0.3 is 5.73 Å². The molecule has 3 heteroatoms. The molecule has 1 aromatic heterocycles. The molecule has 0 spiro atoms. The van der Waals surface area contributed by atoms with Crippen molar-refractivity contribution in [1.82, 2.24) is 9.78 Å². The molecule has 1 aromatic carbocycles. The van der Waals surface area contributed by atoms with E-state index in [-0.39, 0.29) is 6.04 Å². The molecule has 0 bridgehead atoms. The molecule has 0 radical (unpaired) electrons. The molecule has 1 saturated carbocycles. The van der Waals surface area contributed by atoms with Crippen LogP contribution < -0.4 is 5.73 Å². The molecule has 90 valence electrons. The summed E-state index contributed by atoms with van der Waals surface area (Å²) in [5.74, 6) is 0.714. The molecule has 1 aliphatic rings. The highest BCUT2D eigenvalue weighted by Gasteiger charge is 2.25. The second-order valence-corrected chi connectivity index (χ2v) is 5.20. The number of nitrogens with two attached hydrogens (primary N) is 1. The molecule has 3 nitrogen and oxygen atoms in total. The maximum atomic E-state index is 5.91. The van der Waals surface area contributed by atoms with Gasteiger partial charge in [0.1, 0.15) is 0 Å². The van der Waals surface area contributed by atoms with E-state index in [1.165, 1.54) is 30.3 Å². The molecule has 1 fully saturated rings. The summed E-state index contributed by atoms with van der Waals surface area (Å²) in [6.45, 7) is 2.01. The first kappa shape index (κ1) is 10.8. The Morgan fingerprint density at radius 3 is 2.76 bits per heavy atom. The number of benzene rings is 1. The van der Waals surface area contributed by atoms with Crippen LogP contribution in [0.15, 0.2) is 18.2 Å². The van der Waals surface area contributed by atoms with Crippen molar-refractivity contribution in [3.63, 3.8) is 0 Å². The van der Waals surface area contributed by atoms with Crippen LogP contribution in [0.1, 0.15) is 49.4 Å². The van der Waals surface area contributed by atoms with Crippen LogP contribution in [0, 0.1) is 0 Å². The van der Waals surface area contributed by atoms with Crippen LogP contribution in [-0.4, -0.2) is 9.78 Å². The van der Waals surface area contributed by atoms with E-state index >= 15 is 0 Å². The van der Waals surface area contributed by atoms with Crippen LogP contribution in [0.2, 0.25) is 0 Å². The van der Waals surface area contributed by atoms with E-state index < -0.39 is 0 Å². The summed E-state index contributed by atoms with van der Waals surface area (Å²) in [6, 6.07) is 6.53. The molecule has 2 aromatic rings. The second kappa shape index (κ2) is 3.84. The van der Waals surface area contributed by atoms with E-state index in [1.807, 2.05) is 6.92 Å². The quantitative estimate of drug-likeness (QED) is 0.860. The summed E-state index contributed by atoms with van der Waals surface area (Å²) < 4.78 is 2.06. The van der Waals surface area contributed by atoms with Gasteiger partial charge in [-0.15, -0.1) is 0 Å². The van der Waals surface area contributed by atoms with Gasteiger partial charge in [0, 0.05) is 30.1 Å². The molecule has 1 unspecified atom stereocenters. The minimum absolute atomic E-state index is 0.0774. The Labute approximate surface area is 102 Å². The van der Waals surface area contributed by atoms with Crippen molar-refractivity contribution >= 4 is 10.9 Å². The predicted molar refractivity (Wildman–Crippen MR) is 69.9 cm³/mol. The highest BCUT2D eigenvalue weighted by molar-refractivity contribution is 5.83. The third-order valence-electron chi connectivity index (χ3n) is 3.92. The number of aromatic nitrogens is 2. The second-order valence-electron chi connectivity index (χ2n) is 5.20. The molecule has 0 amide bonds. The van der Waals surface area contributed by atoms with Gasteiger partial charge in [-0.05, 0) is 31.4 Å². The molecule has 3 rings (SSSR count). The Balaban J connectivity index is 2.14. The van der Waals surface area contributed by atoms with E-state index in [0.29, 0.717) is 5.92 Å². The summed E-state index contributed by atoms with van der Waals surface area (Å²) in [5, 5.41) is 5.93. The number of hydrogen-bond acceptors (Lipinski definition) is 2. The lowest BCUT2D eigenvalue weighted by Crippen LogP contribution is -2.13. The SMILES string of the molecule is CC(N)c1ccc2c(C3CCC3)n(C)nc2c1. The van der Waals surface area contributed by atoms with Gasteiger partial charge in [0.25, 0.3) is 0 Å². The van der Waals surface area contributed by atoms with E-state index in [1.54, 1.807) is 0 Å². The fourth-order valence-corrected chi connectivity index (χ4v) is 2.69. The van der Waals surface area contributed by atoms with Crippen molar-refractivity contribution in [2.75, 3.05) is 0 Å². The average molecular weight is 229 g/mol. The lowest BCUT2D eigenvalue weighted by atomic mass is 9.81. The van der Waals surface area contributed by atoms with E-state index in [2.05, 4.69) is 35.0 Å². The van der Waals surface area contributed by atoms with E-state index in [9.17, 15) is 0 Å². The molecule has 2 N–H and O–H groups in total. The van der Waals surface area contributed by atoms with Gasteiger partial charge in [-0.1, -0.05) is 18.6 Å². The van der Waals surface area contributed by atoms with Crippen LogP contribution in [0.4, 0.5) is 0 Å². The normalized spacial score (nSPS) is 18.3. The van der Waals surface area contributed by atoms with Crippen molar-refractivity contribution in [2.45, 2.75) is 38.1 Å². The van der Waals surface area contributed by atoms with E-state index in [4.69, 9.17) is 5.73 Å². The molecule has 0 aliphatic heterocycles. The van der Waals surface area contributed by atoms with Crippen molar-refractivity contribution in [1.29, 1.82) is 0 Å². The van der Waals surface area contributed by atoms with Crippen molar-refractivity contribution in [2.24, 2.45) is 12.8 Å². The fourth-order valence-electron chi connectivity index (χ4n) is 2.69. The van der Waals surface area contributed by atoms with Crippen LogP contribution in [-0.2, 0) is 7.05 Å². The topological polar surface area (TPSA) is 43.8 Å². The van der Waals surface area contributed by atoms with Gasteiger partial charge in [0.05, 0.1) is 5.52 Å². The maximum Gasteiger partial charge on any atom is 0.0929 e. The van der Waals surface area contributed by atoms with Crippen molar-refractivity contribution in [3.05, 3.63) is 29.5 Å². The zero-order valence-electron chi connectivity index (χ0n) is 10.5. The van der Waals surface area contributed by atoms with Gasteiger partial charge in [-0.3, -0.25) is 4.68 Å².